The summed E-state index contributed by atoms with van der Waals surface area (Å²) >= 11 is 2.06. The summed E-state index contributed by atoms with van der Waals surface area (Å²) < 4.78 is 0. The molecule has 2 nitrogen and oxygen atoms in total. The Balaban J connectivity index is 1.59. The molecule has 2 aliphatic rings. The van der Waals surface area contributed by atoms with Crippen molar-refractivity contribution in [2.75, 3.05) is 19.3 Å². The van der Waals surface area contributed by atoms with Gasteiger partial charge in [-0.25, -0.2) is 0 Å². The lowest BCUT2D eigenvalue weighted by Gasteiger charge is -2.42. The fraction of sp³-hybridized carbons (Fsp3) is 0.667. The minimum atomic E-state index is 0.608. The Kier molecular flexibility index (Phi) is 5.25. The Hall–Kier alpha value is -0.510. The molecule has 0 spiro atoms. The number of hydrogen-bond acceptors (Lipinski definition) is 3. The van der Waals surface area contributed by atoms with Gasteiger partial charge in [0.05, 0.1) is 0 Å². The van der Waals surface area contributed by atoms with E-state index in [9.17, 15) is 0 Å². The van der Waals surface area contributed by atoms with Gasteiger partial charge in [-0.15, -0.1) is 0 Å². The molecule has 116 valence electrons. The molecular weight excluding hydrogens is 276 g/mol. The lowest BCUT2D eigenvalue weighted by Crippen LogP contribution is -2.58. The lowest BCUT2D eigenvalue weighted by atomic mass is 10.00. The Bertz CT molecular complexity index is 436. The second-order valence-electron chi connectivity index (χ2n) is 6.67. The summed E-state index contributed by atoms with van der Waals surface area (Å²) in [5.41, 5.74) is 1.46. The van der Waals surface area contributed by atoms with Crippen LogP contribution in [0.4, 0.5) is 0 Å². The van der Waals surface area contributed by atoms with E-state index in [1.165, 1.54) is 31.4 Å². The van der Waals surface area contributed by atoms with Gasteiger partial charge >= 0.3 is 0 Å². The van der Waals surface area contributed by atoms with Crippen LogP contribution in [0.25, 0.3) is 0 Å². The van der Waals surface area contributed by atoms with Crippen molar-refractivity contribution in [2.45, 2.75) is 56.0 Å². The van der Waals surface area contributed by atoms with Crippen LogP contribution in [0.1, 0.15) is 31.7 Å². The van der Waals surface area contributed by atoms with E-state index in [4.69, 9.17) is 0 Å². The molecular formula is C18H28N2S. The first kappa shape index (κ1) is 15.4. The van der Waals surface area contributed by atoms with E-state index in [-0.39, 0.29) is 0 Å². The van der Waals surface area contributed by atoms with Gasteiger partial charge in [0.1, 0.15) is 0 Å². The van der Waals surface area contributed by atoms with Gasteiger partial charge in [-0.05, 0) is 44.4 Å². The molecule has 1 saturated carbocycles. The van der Waals surface area contributed by atoms with Crippen molar-refractivity contribution in [3.05, 3.63) is 35.9 Å². The van der Waals surface area contributed by atoms with E-state index >= 15 is 0 Å². The molecule has 4 atom stereocenters. The zero-order chi connectivity index (χ0) is 14.7. The maximum atomic E-state index is 3.75. The number of hydrogen-bond donors (Lipinski definition) is 1. The average molecular weight is 305 g/mol. The molecule has 2 fully saturated rings. The summed E-state index contributed by atoms with van der Waals surface area (Å²) in [5, 5.41) is 4.64. The maximum absolute atomic E-state index is 3.75. The monoisotopic (exact) mass is 304 g/mol. The van der Waals surface area contributed by atoms with Crippen LogP contribution >= 0.6 is 11.8 Å². The van der Waals surface area contributed by atoms with Crippen LogP contribution < -0.4 is 5.32 Å². The number of nitrogens with zero attached hydrogens (tertiary/aromatic N) is 1. The van der Waals surface area contributed by atoms with Gasteiger partial charge in [0.15, 0.2) is 0 Å². The second kappa shape index (κ2) is 7.17. The summed E-state index contributed by atoms with van der Waals surface area (Å²) in [6.45, 7) is 4.73. The summed E-state index contributed by atoms with van der Waals surface area (Å²) in [4.78, 5) is 2.79. The first-order chi connectivity index (χ1) is 10.3. The van der Waals surface area contributed by atoms with E-state index in [2.05, 4.69) is 65.5 Å². The van der Waals surface area contributed by atoms with Crippen LogP contribution in [0, 0.1) is 0 Å². The van der Waals surface area contributed by atoms with Crippen LogP contribution in [0.3, 0.4) is 0 Å². The molecule has 1 heterocycles. The summed E-state index contributed by atoms with van der Waals surface area (Å²) in [6, 6.07) is 13.0. The van der Waals surface area contributed by atoms with Crippen molar-refractivity contribution >= 4 is 11.8 Å². The van der Waals surface area contributed by atoms with Crippen molar-refractivity contribution in [1.82, 2.24) is 10.2 Å². The van der Waals surface area contributed by atoms with Crippen molar-refractivity contribution < 1.29 is 0 Å². The fourth-order valence-corrected chi connectivity index (χ4v) is 4.72. The van der Waals surface area contributed by atoms with E-state index in [1.54, 1.807) is 0 Å². The van der Waals surface area contributed by atoms with E-state index in [0.717, 1.165) is 24.3 Å². The quantitative estimate of drug-likeness (QED) is 0.920. The molecule has 3 rings (SSSR count). The largest absolute Gasteiger partial charge is 0.311 e. The average Bonchev–Trinajstić information content (AvgIpc) is 2.99. The van der Waals surface area contributed by atoms with Crippen molar-refractivity contribution in [3.63, 3.8) is 0 Å². The normalized spacial score (nSPS) is 34.2. The van der Waals surface area contributed by atoms with Crippen LogP contribution in [-0.2, 0) is 6.42 Å². The van der Waals surface area contributed by atoms with E-state index in [0.29, 0.717) is 12.1 Å². The molecule has 3 heteroatoms. The third-order valence-electron chi connectivity index (χ3n) is 5.18. The van der Waals surface area contributed by atoms with Crippen molar-refractivity contribution in [2.24, 2.45) is 0 Å². The Morgan fingerprint density at radius 3 is 2.76 bits per heavy atom. The smallest absolute Gasteiger partial charge is 0.0236 e. The summed E-state index contributed by atoms with van der Waals surface area (Å²) in [5.74, 6) is 0. The van der Waals surface area contributed by atoms with Crippen LogP contribution in [-0.4, -0.2) is 47.6 Å². The third-order valence-corrected chi connectivity index (χ3v) is 6.28. The zero-order valence-corrected chi connectivity index (χ0v) is 14.1. The Labute approximate surface area is 133 Å². The lowest BCUT2D eigenvalue weighted by molar-refractivity contribution is 0.0933. The Morgan fingerprint density at radius 1 is 1.24 bits per heavy atom. The van der Waals surface area contributed by atoms with Gasteiger partial charge in [0.25, 0.3) is 0 Å². The number of thioether (sulfide) groups is 1. The molecule has 1 saturated heterocycles. The van der Waals surface area contributed by atoms with E-state index in [1.807, 2.05) is 0 Å². The molecule has 1 aliphatic carbocycles. The van der Waals surface area contributed by atoms with Gasteiger partial charge in [0, 0.05) is 36.5 Å². The highest BCUT2D eigenvalue weighted by Gasteiger charge is 2.34. The second-order valence-corrected chi connectivity index (χ2v) is 7.80. The molecule has 1 N–H and O–H groups in total. The van der Waals surface area contributed by atoms with Crippen LogP contribution in [0.15, 0.2) is 30.3 Å². The van der Waals surface area contributed by atoms with Crippen LogP contribution in [0.2, 0.25) is 0 Å². The first-order valence-electron chi connectivity index (χ1n) is 8.32. The first-order valence-corrected chi connectivity index (χ1v) is 9.61. The van der Waals surface area contributed by atoms with Crippen molar-refractivity contribution in [3.8, 4) is 0 Å². The predicted octanol–water partition coefficient (Wildman–Crippen LogP) is 3.18. The standard InChI is InChI=1S/C18H28N2S/c1-14-12-19-16(10-15-6-4-3-5-7-15)13-20(14)17-8-9-18(11-17)21-2/h3-7,14,16-19H,8-13H2,1-2H3. The number of benzene rings is 1. The minimum absolute atomic E-state index is 0.608. The highest BCUT2D eigenvalue weighted by atomic mass is 32.2. The van der Waals surface area contributed by atoms with Gasteiger partial charge in [0.2, 0.25) is 0 Å². The van der Waals surface area contributed by atoms with E-state index < -0.39 is 0 Å². The molecule has 1 aliphatic heterocycles. The minimum Gasteiger partial charge on any atom is -0.311 e. The van der Waals surface area contributed by atoms with Gasteiger partial charge in [-0.3, -0.25) is 4.90 Å². The number of nitrogens with one attached hydrogen (secondary N) is 1. The zero-order valence-electron chi connectivity index (χ0n) is 13.3. The molecule has 0 bridgehead atoms. The summed E-state index contributed by atoms with van der Waals surface area (Å²) in [6.07, 6.45) is 7.62. The molecule has 21 heavy (non-hydrogen) atoms. The number of rotatable bonds is 4. The topological polar surface area (TPSA) is 15.3 Å². The molecule has 0 radical (unpaired) electrons. The molecule has 1 aromatic carbocycles. The van der Waals surface area contributed by atoms with Gasteiger partial charge < -0.3 is 5.32 Å². The highest BCUT2D eigenvalue weighted by molar-refractivity contribution is 7.99. The Morgan fingerprint density at radius 2 is 2.05 bits per heavy atom. The fourth-order valence-electron chi connectivity index (χ4n) is 3.93. The maximum Gasteiger partial charge on any atom is 0.0236 e. The SMILES string of the molecule is CSC1CCC(N2CC(Cc3ccccc3)NCC2C)C1. The van der Waals surface area contributed by atoms with Crippen LogP contribution in [0.5, 0.6) is 0 Å². The molecule has 0 amide bonds. The highest BCUT2D eigenvalue weighted by Crippen LogP contribution is 2.33. The van der Waals surface area contributed by atoms with Gasteiger partial charge in [-0.2, -0.15) is 11.8 Å². The third kappa shape index (κ3) is 3.82. The molecule has 4 unspecified atom stereocenters. The summed E-state index contributed by atoms with van der Waals surface area (Å²) in [7, 11) is 0. The molecule has 1 aromatic rings. The molecule has 0 aromatic heterocycles. The predicted molar refractivity (Wildman–Crippen MR) is 93.0 cm³/mol. The number of piperazine rings is 1. The van der Waals surface area contributed by atoms with Crippen molar-refractivity contribution in [1.29, 1.82) is 0 Å². The van der Waals surface area contributed by atoms with Gasteiger partial charge in [-0.1, -0.05) is 30.3 Å².